The summed E-state index contributed by atoms with van der Waals surface area (Å²) < 4.78 is 5.54. The van der Waals surface area contributed by atoms with Crippen molar-refractivity contribution < 1.29 is 24.5 Å². The van der Waals surface area contributed by atoms with Crippen LogP contribution in [-0.2, 0) is 20.9 Å². The van der Waals surface area contributed by atoms with Crippen LogP contribution in [0.15, 0.2) is 24.4 Å². The maximum Gasteiger partial charge on any atom is 0.312 e. The second kappa shape index (κ2) is 11.9. The number of pyridine rings is 1. The molecular formula is C25H39N3O5. The molecule has 33 heavy (non-hydrogen) atoms. The number of ether oxygens (including phenoxy) is 1. The third-order valence-corrected chi connectivity index (χ3v) is 7.02. The van der Waals surface area contributed by atoms with Crippen LogP contribution >= 0.6 is 0 Å². The van der Waals surface area contributed by atoms with Crippen LogP contribution in [0.5, 0.6) is 0 Å². The molecular weight excluding hydrogens is 422 g/mol. The summed E-state index contributed by atoms with van der Waals surface area (Å²) in [5, 5.41) is 20.7. The van der Waals surface area contributed by atoms with Crippen LogP contribution in [-0.4, -0.2) is 81.9 Å². The molecule has 0 saturated carbocycles. The first-order valence-electron chi connectivity index (χ1n) is 12.3. The summed E-state index contributed by atoms with van der Waals surface area (Å²) in [6.07, 6.45) is 3.53. The molecule has 0 aliphatic carbocycles. The highest BCUT2D eigenvalue weighted by atomic mass is 16.5. The van der Waals surface area contributed by atoms with E-state index >= 15 is 0 Å². The molecule has 0 radical (unpaired) electrons. The predicted octanol–water partition coefficient (Wildman–Crippen LogP) is 1.99. The molecule has 2 aliphatic heterocycles. The average molecular weight is 462 g/mol. The van der Waals surface area contributed by atoms with Crippen molar-refractivity contribution in [2.75, 3.05) is 32.8 Å². The van der Waals surface area contributed by atoms with Gasteiger partial charge in [-0.3, -0.25) is 19.5 Å². The van der Waals surface area contributed by atoms with Gasteiger partial charge in [0.25, 0.3) is 0 Å². The van der Waals surface area contributed by atoms with Crippen molar-refractivity contribution in [3.05, 3.63) is 30.1 Å². The lowest BCUT2D eigenvalue weighted by Gasteiger charge is -2.40. The second-order valence-corrected chi connectivity index (χ2v) is 9.84. The van der Waals surface area contributed by atoms with Gasteiger partial charge >= 0.3 is 5.97 Å². The Morgan fingerprint density at radius 3 is 2.55 bits per heavy atom. The van der Waals surface area contributed by atoms with Crippen LogP contribution in [0.25, 0.3) is 0 Å². The van der Waals surface area contributed by atoms with Gasteiger partial charge in [0.2, 0.25) is 5.91 Å². The number of nitrogens with zero attached hydrogens (tertiary/aromatic N) is 3. The first-order chi connectivity index (χ1) is 15.8. The number of esters is 1. The topological polar surface area (TPSA) is 103 Å². The summed E-state index contributed by atoms with van der Waals surface area (Å²) in [5.41, 5.74) is 0.421. The fourth-order valence-electron chi connectivity index (χ4n) is 4.79. The maximum absolute atomic E-state index is 13.2. The van der Waals surface area contributed by atoms with Crippen molar-refractivity contribution in [3.63, 3.8) is 0 Å². The van der Waals surface area contributed by atoms with E-state index in [0.717, 1.165) is 38.2 Å². The number of piperidine rings is 1. The highest BCUT2D eigenvalue weighted by Crippen LogP contribution is 2.38. The molecule has 2 N–H and O–H groups in total. The number of carbonyl (C=O) groups excluding carboxylic acids is 2. The molecule has 1 spiro atoms. The first-order valence-corrected chi connectivity index (χ1v) is 12.3. The van der Waals surface area contributed by atoms with Crippen molar-refractivity contribution in [2.24, 2.45) is 11.3 Å². The van der Waals surface area contributed by atoms with Gasteiger partial charge in [0.05, 0.1) is 17.2 Å². The number of carbonyl (C=O) groups is 2. The Morgan fingerprint density at radius 2 is 1.88 bits per heavy atom. The lowest BCUT2D eigenvalue weighted by molar-refractivity contribution is -0.165. The molecule has 2 atom stereocenters. The Labute approximate surface area is 196 Å². The lowest BCUT2D eigenvalue weighted by atomic mass is 9.74. The van der Waals surface area contributed by atoms with E-state index in [1.165, 1.54) is 0 Å². The molecule has 1 aromatic rings. The van der Waals surface area contributed by atoms with E-state index in [4.69, 9.17) is 4.74 Å². The van der Waals surface area contributed by atoms with E-state index in [2.05, 4.69) is 9.88 Å². The molecule has 0 aromatic carbocycles. The summed E-state index contributed by atoms with van der Waals surface area (Å²) in [6, 6.07) is 5.89. The lowest BCUT2D eigenvalue weighted by Crippen LogP contribution is -2.46. The summed E-state index contributed by atoms with van der Waals surface area (Å²) >= 11 is 0. The van der Waals surface area contributed by atoms with Gasteiger partial charge in [-0.15, -0.1) is 0 Å². The highest BCUT2D eigenvalue weighted by Gasteiger charge is 2.42. The number of cyclic esters (lactones) is 1. The molecule has 2 fully saturated rings. The van der Waals surface area contributed by atoms with Gasteiger partial charge in [-0.25, -0.2) is 0 Å². The van der Waals surface area contributed by atoms with Crippen LogP contribution in [0.1, 0.15) is 58.1 Å². The predicted molar refractivity (Wildman–Crippen MR) is 124 cm³/mol. The maximum atomic E-state index is 13.2. The van der Waals surface area contributed by atoms with Crippen molar-refractivity contribution in [2.45, 2.75) is 71.1 Å². The van der Waals surface area contributed by atoms with E-state index in [1.54, 1.807) is 11.1 Å². The van der Waals surface area contributed by atoms with Gasteiger partial charge in [-0.2, -0.15) is 0 Å². The molecule has 3 rings (SSSR count). The highest BCUT2D eigenvalue weighted by molar-refractivity contribution is 5.78. The van der Waals surface area contributed by atoms with Gasteiger partial charge in [0.15, 0.2) is 0 Å². The molecule has 1 aromatic heterocycles. The zero-order chi connectivity index (χ0) is 23.8. The Morgan fingerprint density at radius 1 is 1.12 bits per heavy atom. The average Bonchev–Trinajstić information content (AvgIpc) is 2.83. The Hall–Kier alpha value is -2.03. The minimum absolute atomic E-state index is 0.0523. The molecule has 1 amide bonds. The molecule has 2 saturated heterocycles. The summed E-state index contributed by atoms with van der Waals surface area (Å²) in [5.74, 6) is -0.348. The van der Waals surface area contributed by atoms with Crippen LogP contribution in [0.3, 0.4) is 0 Å². The molecule has 0 unspecified atom stereocenters. The largest absolute Gasteiger partial charge is 0.462 e. The number of hydrogen-bond acceptors (Lipinski definition) is 7. The molecule has 2 aliphatic rings. The Bertz CT molecular complexity index is 765. The summed E-state index contributed by atoms with van der Waals surface area (Å²) in [4.78, 5) is 34.3. The number of aromatic nitrogens is 1. The standard InChI is InChI=1S/C25H39N3O5/c1-19(2)23(31)28-13-6-4-9-25(24(32)33-18-22(30)21(29)8-14-28)10-15-27(16-11-25)17-20-7-3-5-12-26-20/h3,5,7,12,19,21-22,29-30H,4,6,8-11,13-18H2,1-2H3/t21-,22+/m0/s1. The zero-order valence-electron chi connectivity index (χ0n) is 20.0. The minimum atomic E-state index is -1.16. The van der Waals surface area contributed by atoms with E-state index in [0.29, 0.717) is 32.4 Å². The Balaban J connectivity index is 1.66. The van der Waals surface area contributed by atoms with Crippen molar-refractivity contribution in [1.29, 1.82) is 0 Å². The third-order valence-electron chi connectivity index (χ3n) is 7.02. The van der Waals surface area contributed by atoms with Gasteiger partial charge in [0, 0.05) is 31.7 Å². The summed E-state index contributed by atoms with van der Waals surface area (Å²) in [6.45, 7) is 6.79. The smallest absolute Gasteiger partial charge is 0.312 e. The van der Waals surface area contributed by atoms with Crippen molar-refractivity contribution in [1.82, 2.24) is 14.8 Å². The monoisotopic (exact) mass is 461 g/mol. The number of aliphatic hydroxyl groups excluding tert-OH is 2. The quantitative estimate of drug-likeness (QED) is 0.664. The number of likely N-dealkylation sites (tertiary alicyclic amines) is 1. The molecule has 8 heteroatoms. The number of amides is 1. The van der Waals surface area contributed by atoms with Crippen LogP contribution < -0.4 is 0 Å². The number of hydrogen-bond donors (Lipinski definition) is 2. The molecule has 3 heterocycles. The SMILES string of the molecule is CC(C)C(=O)N1CCCCC2(CCN(Cc3ccccn3)CC2)C(=O)OC[C@@H](O)[C@@H](O)CC1. The molecule has 8 nitrogen and oxygen atoms in total. The van der Waals surface area contributed by atoms with E-state index in [-0.39, 0.29) is 30.8 Å². The number of aliphatic hydroxyl groups is 2. The molecule has 184 valence electrons. The molecule has 0 bridgehead atoms. The van der Waals surface area contributed by atoms with Crippen molar-refractivity contribution in [3.8, 4) is 0 Å². The first kappa shape index (κ1) is 25.6. The summed E-state index contributed by atoms with van der Waals surface area (Å²) in [7, 11) is 0. The third kappa shape index (κ3) is 6.98. The van der Waals surface area contributed by atoms with Crippen LogP contribution in [0.4, 0.5) is 0 Å². The van der Waals surface area contributed by atoms with E-state index in [1.807, 2.05) is 32.0 Å². The zero-order valence-corrected chi connectivity index (χ0v) is 20.0. The minimum Gasteiger partial charge on any atom is -0.462 e. The van der Waals surface area contributed by atoms with Gasteiger partial charge < -0.3 is 19.8 Å². The van der Waals surface area contributed by atoms with E-state index < -0.39 is 17.6 Å². The van der Waals surface area contributed by atoms with Crippen LogP contribution in [0.2, 0.25) is 0 Å². The van der Waals surface area contributed by atoms with E-state index in [9.17, 15) is 19.8 Å². The van der Waals surface area contributed by atoms with Crippen molar-refractivity contribution >= 4 is 11.9 Å². The Kier molecular flexibility index (Phi) is 9.23. The second-order valence-electron chi connectivity index (χ2n) is 9.84. The van der Waals surface area contributed by atoms with Gasteiger partial charge in [-0.05, 0) is 57.3 Å². The normalized spacial score (nSPS) is 25.7. The fourth-order valence-corrected chi connectivity index (χ4v) is 4.79. The van der Waals surface area contributed by atoms with Gasteiger partial charge in [-0.1, -0.05) is 26.3 Å². The fraction of sp³-hybridized carbons (Fsp3) is 0.720. The number of rotatable bonds is 3. The van der Waals surface area contributed by atoms with Gasteiger partial charge in [0.1, 0.15) is 12.7 Å². The van der Waals surface area contributed by atoms with Crippen LogP contribution in [0, 0.1) is 11.3 Å².